The number of furan rings is 1. The van der Waals surface area contributed by atoms with Crippen LogP contribution in [0.2, 0.25) is 0 Å². The second kappa shape index (κ2) is 7.87. The normalized spacial score (nSPS) is 12.0. The van der Waals surface area contributed by atoms with E-state index in [1.807, 2.05) is 0 Å². The predicted molar refractivity (Wildman–Crippen MR) is 103 cm³/mol. The van der Waals surface area contributed by atoms with Crippen LogP contribution in [0.25, 0.3) is 17.4 Å². The van der Waals surface area contributed by atoms with E-state index < -0.39 is 16.3 Å². The molecule has 0 radical (unpaired) electrons. The number of ether oxygens (including phenoxy) is 1. The zero-order valence-electron chi connectivity index (χ0n) is 15.2. The van der Waals surface area contributed by atoms with Crippen LogP contribution in [0.1, 0.15) is 26.5 Å². The lowest BCUT2D eigenvalue weighted by molar-refractivity contribution is -0.384. The fraction of sp³-hybridized carbons (Fsp3) is 0.263. The van der Waals surface area contributed by atoms with Gasteiger partial charge in [-0.15, -0.1) is 0 Å². The molecular formula is C19H18BrNO6. The molecular weight excluding hydrogens is 418 g/mol. The van der Waals surface area contributed by atoms with E-state index in [1.54, 1.807) is 39.0 Å². The lowest BCUT2D eigenvalue weighted by Gasteiger charge is -2.17. The summed E-state index contributed by atoms with van der Waals surface area (Å²) in [6.45, 7) is 5.11. The number of hydrogen-bond donors (Lipinski definition) is 0. The number of methoxy groups -OCH3 is 1. The maximum atomic E-state index is 12.5. The summed E-state index contributed by atoms with van der Waals surface area (Å²) in [5.41, 5.74) is -0.339. The summed E-state index contributed by atoms with van der Waals surface area (Å²) >= 11 is 3.29. The summed E-state index contributed by atoms with van der Waals surface area (Å²) in [5, 5.41) is 10.8. The first-order valence-electron chi connectivity index (χ1n) is 7.93. The van der Waals surface area contributed by atoms with Crippen molar-refractivity contribution in [2.75, 3.05) is 7.11 Å². The molecule has 0 fully saturated rings. The fourth-order valence-electron chi connectivity index (χ4n) is 2.27. The molecule has 0 N–H and O–H groups in total. The van der Waals surface area contributed by atoms with Crippen molar-refractivity contribution in [1.29, 1.82) is 0 Å². The van der Waals surface area contributed by atoms with E-state index in [-0.39, 0.29) is 22.8 Å². The Morgan fingerprint density at radius 1 is 1.22 bits per heavy atom. The van der Waals surface area contributed by atoms with Crippen LogP contribution in [0.4, 0.5) is 5.69 Å². The number of non-ortho nitro benzene ring substituents is 1. The minimum Gasteiger partial charge on any atom is -0.465 e. The number of halogens is 1. The first-order valence-corrected chi connectivity index (χ1v) is 8.73. The van der Waals surface area contributed by atoms with Crippen LogP contribution in [-0.4, -0.2) is 23.8 Å². The van der Waals surface area contributed by atoms with Gasteiger partial charge in [-0.25, -0.2) is 4.79 Å². The van der Waals surface area contributed by atoms with E-state index in [2.05, 4.69) is 15.9 Å². The van der Waals surface area contributed by atoms with Gasteiger partial charge < -0.3 is 9.15 Å². The highest BCUT2D eigenvalue weighted by Crippen LogP contribution is 2.33. The van der Waals surface area contributed by atoms with Crippen LogP contribution >= 0.6 is 15.9 Å². The van der Waals surface area contributed by atoms with Crippen LogP contribution < -0.4 is 0 Å². The van der Waals surface area contributed by atoms with Gasteiger partial charge in [0.15, 0.2) is 5.78 Å². The number of ketones is 1. The Morgan fingerprint density at radius 3 is 2.41 bits per heavy atom. The van der Waals surface area contributed by atoms with Crippen LogP contribution in [0.5, 0.6) is 0 Å². The van der Waals surface area contributed by atoms with Gasteiger partial charge in [-0.2, -0.15) is 0 Å². The number of nitrogens with zero attached hydrogens (tertiary/aromatic N) is 1. The SMILES string of the molecule is COC(=O)/C(=C/c1ccc(-c2ccc([N+](=O)[O-])cc2Br)o1)C(=O)C(C)(C)C. The number of carbonyl (C=O) groups is 2. The lowest BCUT2D eigenvalue weighted by atomic mass is 9.86. The minimum atomic E-state index is -0.767. The van der Waals surface area contributed by atoms with Gasteiger partial charge in [0.1, 0.15) is 17.1 Å². The standard InChI is InChI=1S/C19H18BrNO6/c1-19(2,3)17(22)14(18(23)26-4)10-12-6-8-16(27-12)13-7-5-11(21(24)25)9-15(13)20/h5-10H,1-4H3/b14-10+. The third kappa shape index (κ3) is 4.71. The molecule has 1 aromatic carbocycles. The van der Waals surface area contributed by atoms with Gasteiger partial charge in [0.2, 0.25) is 0 Å². The van der Waals surface area contributed by atoms with Crippen LogP contribution in [0.3, 0.4) is 0 Å². The average molecular weight is 436 g/mol. The number of rotatable bonds is 5. The largest absolute Gasteiger partial charge is 0.465 e. The van der Waals surface area contributed by atoms with Crippen molar-refractivity contribution in [3.05, 3.63) is 56.3 Å². The number of carbonyl (C=O) groups excluding carboxylic acids is 2. The Balaban J connectivity index is 2.43. The summed E-state index contributed by atoms with van der Waals surface area (Å²) in [5.74, 6) is -0.406. The smallest absolute Gasteiger partial charge is 0.341 e. The third-order valence-electron chi connectivity index (χ3n) is 3.67. The molecule has 8 heteroatoms. The van der Waals surface area contributed by atoms with Crippen molar-refractivity contribution in [2.24, 2.45) is 5.41 Å². The highest BCUT2D eigenvalue weighted by molar-refractivity contribution is 9.10. The molecule has 2 rings (SSSR count). The number of nitro groups is 1. The van der Waals surface area contributed by atoms with Crippen LogP contribution in [-0.2, 0) is 14.3 Å². The number of Topliss-reactive ketones (excluding diaryl/α,β-unsaturated/α-hetero) is 1. The van der Waals surface area contributed by atoms with Crippen molar-refractivity contribution in [3.8, 4) is 11.3 Å². The first-order chi connectivity index (χ1) is 12.5. The topological polar surface area (TPSA) is 99.7 Å². The molecule has 0 bridgehead atoms. The van der Waals surface area contributed by atoms with E-state index in [0.717, 1.165) is 0 Å². The molecule has 0 atom stereocenters. The van der Waals surface area contributed by atoms with E-state index in [0.29, 0.717) is 15.8 Å². The monoisotopic (exact) mass is 435 g/mol. The Hall–Kier alpha value is -2.74. The van der Waals surface area contributed by atoms with Gasteiger partial charge in [-0.05, 0) is 40.2 Å². The molecule has 0 spiro atoms. The second-order valence-corrected chi connectivity index (χ2v) is 7.61. The molecule has 1 heterocycles. The minimum absolute atomic E-state index is 0.0546. The summed E-state index contributed by atoms with van der Waals surface area (Å²) in [6.07, 6.45) is 1.34. The number of esters is 1. The van der Waals surface area contributed by atoms with Crippen molar-refractivity contribution in [2.45, 2.75) is 20.8 Å². The zero-order chi connectivity index (χ0) is 20.4. The maximum Gasteiger partial charge on any atom is 0.341 e. The number of benzene rings is 1. The quantitative estimate of drug-likeness (QED) is 0.167. The van der Waals surface area contributed by atoms with Gasteiger partial charge in [0, 0.05) is 27.6 Å². The molecule has 0 unspecified atom stereocenters. The van der Waals surface area contributed by atoms with Gasteiger partial charge in [0.05, 0.1) is 12.0 Å². The molecule has 0 aliphatic heterocycles. The third-order valence-corrected chi connectivity index (χ3v) is 4.33. The van der Waals surface area contributed by atoms with Crippen LogP contribution in [0, 0.1) is 15.5 Å². The molecule has 1 aromatic heterocycles. The Morgan fingerprint density at radius 2 is 1.89 bits per heavy atom. The lowest BCUT2D eigenvalue weighted by Crippen LogP contribution is -2.26. The Labute approximate surface area is 164 Å². The Bertz CT molecular complexity index is 936. The first kappa shape index (κ1) is 20.6. The van der Waals surface area contributed by atoms with Gasteiger partial charge in [0.25, 0.3) is 5.69 Å². The van der Waals surface area contributed by atoms with Crippen molar-refractivity contribution in [3.63, 3.8) is 0 Å². The molecule has 0 saturated heterocycles. The summed E-state index contributed by atoms with van der Waals surface area (Å²) in [7, 11) is 1.20. The molecule has 2 aromatic rings. The highest BCUT2D eigenvalue weighted by atomic mass is 79.9. The van der Waals surface area contributed by atoms with Crippen molar-refractivity contribution < 1.29 is 23.7 Å². The van der Waals surface area contributed by atoms with Gasteiger partial charge in [-0.3, -0.25) is 14.9 Å². The molecule has 0 saturated carbocycles. The molecule has 27 heavy (non-hydrogen) atoms. The molecule has 142 valence electrons. The summed E-state index contributed by atoms with van der Waals surface area (Å²) < 4.78 is 10.9. The number of nitro benzene ring substituents is 1. The molecule has 0 aliphatic carbocycles. The molecule has 7 nitrogen and oxygen atoms in total. The predicted octanol–water partition coefficient (Wildman–Crippen LogP) is 4.79. The Kier molecular flexibility index (Phi) is 6.00. The fourth-order valence-corrected chi connectivity index (χ4v) is 2.83. The zero-order valence-corrected chi connectivity index (χ0v) is 16.8. The molecule has 0 aliphatic rings. The highest BCUT2D eigenvalue weighted by Gasteiger charge is 2.30. The van der Waals surface area contributed by atoms with Crippen molar-refractivity contribution in [1.82, 2.24) is 0 Å². The van der Waals surface area contributed by atoms with E-state index in [4.69, 9.17) is 9.15 Å². The van der Waals surface area contributed by atoms with Crippen molar-refractivity contribution >= 4 is 39.4 Å². The van der Waals surface area contributed by atoms with E-state index in [1.165, 1.54) is 25.3 Å². The molecule has 0 amide bonds. The maximum absolute atomic E-state index is 12.5. The second-order valence-electron chi connectivity index (χ2n) is 6.75. The van der Waals surface area contributed by atoms with Gasteiger partial charge >= 0.3 is 5.97 Å². The summed E-state index contributed by atoms with van der Waals surface area (Å²) in [6, 6.07) is 7.53. The van der Waals surface area contributed by atoms with E-state index in [9.17, 15) is 19.7 Å². The summed E-state index contributed by atoms with van der Waals surface area (Å²) in [4.78, 5) is 34.9. The van der Waals surface area contributed by atoms with Crippen LogP contribution in [0.15, 0.2) is 44.8 Å². The number of hydrogen-bond acceptors (Lipinski definition) is 6. The average Bonchev–Trinajstić information content (AvgIpc) is 3.05. The van der Waals surface area contributed by atoms with E-state index >= 15 is 0 Å². The van der Waals surface area contributed by atoms with Gasteiger partial charge in [-0.1, -0.05) is 20.8 Å².